The van der Waals surface area contributed by atoms with Crippen LogP contribution in [0.4, 0.5) is 5.69 Å². The lowest BCUT2D eigenvalue weighted by Crippen LogP contribution is -2.25. The van der Waals surface area contributed by atoms with E-state index >= 15 is 0 Å². The SMILES string of the molecule is CN(C)P(=O)(Nc1ccc(CC(=O)N2CC2)cc1)N(C)C. The summed E-state index contributed by atoms with van der Waals surface area (Å²) in [5.74, 6) is 0.169. The molecule has 1 amide bonds. The molecular weight excluding hydrogens is 287 g/mol. The Morgan fingerprint density at radius 3 is 2.10 bits per heavy atom. The lowest BCUT2D eigenvalue weighted by Gasteiger charge is -2.31. The van der Waals surface area contributed by atoms with E-state index in [0.29, 0.717) is 6.42 Å². The first-order valence-electron chi connectivity index (χ1n) is 6.93. The molecule has 1 aliphatic heterocycles. The third kappa shape index (κ3) is 3.84. The van der Waals surface area contributed by atoms with Crippen LogP contribution < -0.4 is 5.09 Å². The normalized spacial score (nSPS) is 14.7. The fourth-order valence-electron chi connectivity index (χ4n) is 2.01. The Hall–Kier alpha value is -1.36. The second-order valence-electron chi connectivity index (χ2n) is 5.60. The van der Waals surface area contributed by atoms with Crippen LogP contribution in [-0.4, -0.2) is 61.4 Å². The molecular formula is C14H23N4O2P. The Morgan fingerprint density at radius 2 is 1.67 bits per heavy atom. The monoisotopic (exact) mass is 310 g/mol. The first-order valence-corrected chi connectivity index (χ1v) is 8.55. The molecule has 0 bridgehead atoms. The maximum atomic E-state index is 12.8. The number of carbonyl (C=O) groups excluding carboxylic acids is 1. The minimum absolute atomic E-state index is 0.169. The van der Waals surface area contributed by atoms with Crippen molar-refractivity contribution in [3.05, 3.63) is 29.8 Å². The van der Waals surface area contributed by atoms with Crippen molar-refractivity contribution >= 4 is 19.2 Å². The number of hydrogen-bond acceptors (Lipinski definition) is 2. The molecule has 6 nitrogen and oxygen atoms in total. The van der Waals surface area contributed by atoms with E-state index in [-0.39, 0.29) is 5.91 Å². The van der Waals surface area contributed by atoms with Crippen LogP contribution in [0.5, 0.6) is 0 Å². The van der Waals surface area contributed by atoms with Gasteiger partial charge in [-0.2, -0.15) is 0 Å². The Bertz CT molecular complexity index is 541. The molecule has 116 valence electrons. The zero-order valence-corrected chi connectivity index (χ0v) is 13.9. The summed E-state index contributed by atoms with van der Waals surface area (Å²) in [7, 11) is 4.34. The van der Waals surface area contributed by atoms with Crippen LogP contribution in [0.15, 0.2) is 24.3 Å². The molecule has 1 saturated heterocycles. The third-order valence-electron chi connectivity index (χ3n) is 3.47. The maximum absolute atomic E-state index is 12.8. The molecule has 0 unspecified atom stereocenters. The lowest BCUT2D eigenvalue weighted by molar-refractivity contribution is -0.125. The standard InChI is InChI=1S/C14H23N4O2P/c1-16(2)21(20,17(3)4)15-13-7-5-12(6-8-13)11-14(19)18-9-10-18/h5-8H,9-11H2,1-4H3,(H,15,20). The van der Waals surface area contributed by atoms with Crippen LogP contribution >= 0.6 is 7.59 Å². The topological polar surface area (TPSA) is 55.7 Å². The number of hydrogen-bond donors (Lipinski definition) is 1. The van der Waals surface area contributed by atoms with Crippen LogP contribution in [0, 0.1) is 0 Å². The van der Waals surface area contributed by atoms with E-state index in [1.54, 1.807) is 37.5 Å². The minimum Gasteiger partial charge on any atom is -0.339 e. The summed E-state index contributed by atoms with van der Waals surface area (Å²) in [6, 6.07) is 7.54. The Labute approximate surface area is 126 Å². The van der Waals surface area contributed by atoms with E-state index in [9.17, 15) is 9.36 Å². The first kappa shape index (κ1) is 16.0. The second kappa shape index (κ2) is 6.18. The van der Waals surface area contributed by atoms with Crippen LogP contribution in [-0.2, 0) is 15.8 Å². The molecule has 0 aromatic heterocycles. The summed E-state index contributed by atoms with van der Waals surface area (Å²) in [6.07, 6.45) is 0.430. The molecule has 1 fully saturated rings. The van der Waals surface area contributed by atoms with Crippen molar-refractivity contribution in [2.75, 3.05) is 46.4 Å². The minimum atomic E-state index is -2.79. The van der Waals surface area contributed by atoms with E-state index in [0.717, 1.165) is 24.3 Å². The smallest absolute Gasteiger partial charge is 0.307 e. The third-order valence-corrected chi connectivity index (χ3v) is 6.19. The summed E-state index contributed by atoms with van der Waals surface area (Å²) in [5, 5.41) is 3.08. The molecule has 1 N–H and O–H groups in total. The van der Waals surface area contributed by atoms with E-state index in [1.807, 2.05) is 29.2 Å². The number of anilines is 1. The first-order chi connectivity index (χ1) is 9.83. The highest BCUT2D eigenvalue weighted by atomic mass is 31.2. The Morgan fingerprint density at radius 1 is 1.14 bits per heavy atom. The van der Waals surface area contributed by atoms with E-state index in [4.69, 9.17) is 0 Å². The number of rotatable bonds is 6. The molecule has 2 rings (SSSR count). The van der Waals surface area contributed by atoms with Gasteiger partial charge in [-0.25, -0.2) is 9.34 Å². The highest BCUT2D eigenvalue weighted by molar-refractivity contribution is 7.60. The van der Waals surface area contributed by atoms with Gasteiger partial charge in [0.15, 0.2) is 0 Å². The van der Waals surface area contributed by atoms with Gasteiger partial charge < -0.3 is 9.99 Å². The molecule has 0 spiro atoms. The van der Waals surface area contributed by atoms with Crippen molar-refractivity contribution in [1.29, 1.82) is 0 Å². The molecule has 1 aromatic carbocycles. The van der Waals surface area contributed by atoms with Gasteiger partial charge in [-0.15, -0.1) is 0 Å². The number of nitrogens with one attached hydrogen (secondary N) is 1. The Balaban J connectivity index is 2.04. The van der Waals surface area contributed by atoms with Gasteiger partial charge in [0.2, 0.25) is 5.91 Å². The van der Waals surface area contributed by atoms with Gasteiger partial charge in [-0.05, 0) is 45.9 Å². The van der Waals surface area contributed by atoms with Gasteiger partial charge in [0, 0.05) is 18.8 Å². The van der Waals surface area contributed by atoms with E-state index in [2.05, 4.69) is 5.09 Å². The van der Waals surface area contributed by atoms with Crippen molar-refractivity contribution in [2.45, 2.75) is 6.42 Å². The number of carbonyl (C=O) groups is 1. The van der Waals surface area contributed by atoms with E-state index < -0.39 is 7.59 Å². The number of benzene rings is 1. The molecule has 1 aromatic rings. The summed E-state index contributed by atoms with van der Waals surface area (Å²) in [4.78, 5) is 13.5. The predicted molar refractivity (Wildman–Crippen MR) is 85.3 cm³/mol. The maximum Gasteiger partial charge on any atom is 0.307 e. The predicted octanol–water partition coefficient (Wildman–Crippen LogP) is 1.71. The zero-order chi connectivity index (χ0) is 15.6. The number of amides is 1. The molecule has 21 heavy (non-hydrogen) atoms. The van der Waals surface area contributed by atoms with Gasteiger partial charge in [0.1, 0.15) is 0 Å². The highest BCUT2D eigenvalue weighted by Crippen LogP contribution is 2.48. The van der Waals surface area contributed by atoms with Crippen molar-refractivity contribution in [1.82, 2.24) is 14.2 Å². The highest BCUT2D eigenvalue weighted by Gasteiger charge is 2.28. The molecule has 0 atom stereocenters. The fourth-order valence-corrected chi connectivity index (χ4v) is 3.61. The fraction of sp³-hybridized carbons (Fsp3) is 0.500. The largest absolute Gasteiger partial charge is 0.339 e. The lowest BCUT2D eigenvalue weighted by atomic mass is 10.1. The quantitative estimate of drug-likeness (QED) is 0.640. The molecule has 1 aliphatic rings. The average Bonchev–Trinajstić information content (AvgIpc) is 3.24. The molecule has 0 aliphatic carbocycles. The van der Waals surface area contributed by atoms with Gasteiger partial charge in [-0.1, -0.05) is 12.1 Å². The second-order valence-corrected chi connectivity index (χ2v) is 8.52. The van der Waals surface area contributed by atoms with Gasteiger partial charge in [0.05, 0.1) is 6.42 Å². The van der Waals surface area contributed by atoms with Gasteiger partial charge in [-0.3, -0.25) is 9.36 Å². The van der Waals surface area contributed by atoms with Crippen molar-refractivity contribution in [3.63, 3.8) is 0 Å². The van der Waals surface area contributed by atoms with Gasteiger partial charge >= 0.3 is 7.59 Å². The molecule has 1 heterocycles. The summed E-state index contributed by atoms with van der Waals surface area (Å²) in [5.41, 5.74) is 1.76. The van der Waals surface area contributed by atoms with Crippen LogP contribution in [0.2, 0.25) is 0 Å². The van der Waals surface area contributed by atoms with Crippen LogP contribution in [0.25, 0.3) is 0 Å². The molecule has 0 saturated carbocycles. The molecule has 0 radical (unpaired) electrons. The molecule has 7 heteroatoms. The zero-order valence-electron chi connectivity index (χ0n) is 13.0. The summed E-state index contributed by atoms with van der Waals surface area (Å²) < 4.78 is 16.2. The van der Waals surface area contributed by atoms with Crippen molar-refractivity contribution < 1.29 is 9.36 Å². The van der Waals surface area contributed by atoms with Gasteiger partial charge in [0.25, 0.3) is 0 Å². The van der Waals surface area contributed by atoms with E-state index in [1.165, 1.54) is 0 Å². The number of nitrogens with zero attached hydrogens (tertiary/aromatic N) is 3. The van der Waals surface area contributed by atoms with Crippen LogP contribution in [0.3, 0.4) is 0 Å². The summed E-state index contributed by atoms with van der Waals surface area (Å²) in [6.45, 7) is 1.76. The average molecular weight is 310 g/mol. The Kier molecular flexibility index (Phi) is 4.71. The van der Waals surface area contributed by atoms with Crippen LogP contribution in [0.1, 0.15) is 5.56 Å². The van der Waals surface area contributed by atoms with Crippen molar-refractivity contribution in [2.24, 2.45) is 0 Å². The van der Waals surface area contributed by atoms with Crippen molar-refractivity contribution in [3.8, 4) is 0 Å². The summed E-state index contributed by atoms with van der Waals surface area (Å²) >= 11 is 0.